The van der Waals surface area contributed by atoms with Crippen LogP contribution < -0.4 is 32.3 Å². The highest BCUT2D eigenvalue weighted by Gasteiger charge is 2.39. The number of fused-ring (bicyclic) bond motifs is 1. The maximum Gasteiger partial charge on any atom is 0.237 e. The van der Waals surface area contributed by atoms with Crippen LogP contribution in [0.15, 0.2) is 0 Å². The molecule has 2 aliphatic heterocycles. The van der Waals surface area contributed by atoms with Crippen LogP contribution in [0.4, 0.5) is 4.39 Å². The van der Waals surface area contributed by atoms with Crippen molar-refractivity contribution in [1.82, 2.24) is 32.3 Å². The van der Waals surface area contributed by atoms with E-state index in [9.17, 15) is 14.0 Å². The Balaban J connectivity index is 1.02. The second-order valence-electron chi connectivity index (χ2n) is 10.1. The van der Waals surface area contributed by atoms with Crippen molar-refractivity contribution in [3.05, 3.63) is 0 Å². The molecule has 9 nitrogen and oxygen atoms in total. The van der Waals surface area contributed by atoms with Crippen molar-refractivity contribution in [3.63, 3.8) is 0 Å². The van der Waals surface area contributed by atoms with E-state index in [0.29, 0.717) is 37.6 Å². The zero-order valence-corrected chi connectivity index (χ0v) is 19.5. The second kappa shape index (κ2) is 12.4. The van der Waals surface area contributed by atoms with E-state index in [2.05, 4.69) is 32.3 Å². The maximum absolute atomic E-state index is 13.3. The number of hydroxylamine groups is 1. The molecule has 6 N–H and O–H groups in total. The number of halogens is 1. The zero-order chi connectivity index (χ0) is 23.0. The summed E-state index contributed by atoms with van der Waals surface area (Å²) in [7, 11) is 0. The summed E-state index contributed by atoms with van der Waals surface area (Å²) in [4.78, 5) is 29.8. The minimum absolute atomic E-state index is 0.0640. The third kappa shape index (κ3) is 7.08. The van der Waals surface area contributed by atoms with Crippen molar-refractivity contribution < 1.29 is 18.8 Å². The van der Waals surface area contributed by atoms with Crippen LogP contribution in [0, 0.1) is 17.8 Å². The van der Waals surface area contributed by atoms with Crippen molar-refractivity contribution in [2.75, 3.05) is 13.1 Å². The monoisotopic (exact) mass is 468 g/mol. The molecule has 5 unspecified atom stereocenters. The molecular weight excluding hydrogens is 427 g/mol. The van der Waals surface area contributed by atoms with E-state index in [-0.39, 0.29) is 36.3 Å². The molecule has 0 radical (unpaired) electrons. The SMILES string of the molecule is O=C(CCCC1NC(C2CCC(F)CC2)NO1)NCCCNC1NNC(=O)C2CCCCC12. The lowest BCUT2D eigenvalue weighted by Crippen LogP contribution is -2.64. The van der Waals surface area contributed by atoms with Crippen LogP contribution in [0.3, 0.4) is 0 Å². The van der Waals surface area contributed by atoms with Crippen molar-refractivity contribution in [1.29, 1.82) is 0 Å². The van der Waals surface area contributed by atoms with Gasteiger partial charge in [-0.3, -0.25) is 25.2 Å². The molecule has 33 heavy (non-hydrogen) atoms. The zero-order valence-electron chi connectivity index (χ0n) is 19.5. The lowest BCUT2D eigenvalue weighted by atomic mass is 9.76. The molecule has 0 aromatic carbocycles. The van der Waals surface area contributed by atoms with Crippen molar-refractivity contribution in [2.45, 2.75) is 102 Å². The first-order valence-corrected chi connectivity index (χ1v) is 13.0. The van der Waals surface area contributed by atoms with Crippen molar-refractivity contribution in [2.24, 2.45) is 17.8 Å². The number of carbonyl (C=O) groups excluding carboxylic acids is 2. The molecule has 2 amide bonds. The van der Waals surface area contributed by atoms with Crippen molar-refractivity contribution in [3.8, 4) is 0 Å². The van der Waals surface area contributed by atoms with Gasteiger partial charge >= 0.3 is 0 Å². The lowest BCUT2D eigenvalue weighted by Gasteiger charge is -2.41. The number of amides is 2. The van der Waals surface area contributed by atoms with Gasteiger partial charge in [-0.05, 0) is 70.3 Å². The molecular formula is C23H41FN6O3. The third-order valence-electron chi connectivity index (χ3n) is 7.72. The summed E-state index contributed by atoms with van der Waals surface area (Å²) >= 11 is 0. The van der Waals surface area contributed by atoms with Gasteiger partial charge in [0.05, 0.1) is 12.3 Å². The fraction of sp³-hybridized carbons (Fsp3) is 0.913. The average Bonchev–Trinajstić information content (AvgIpc) is 3.30. The van der Waals surface area contributed by atoms with Gasteiger partial charge in [0.2, 0.25) is 11.8 Å². The summed E-state index contributed by atoms with van der Waals surface area (Å²) < 4.78 is 13.3. The Morgan fingerprint density at radius 1 is 1.06 bits per heavy atom. The maximum atomic E-state index is 13.3. The Morgan fingerprint density at radius 2 is 1.88 bits per heavy atom. The second-order valence-corrected chi connectivity index (χ2v) is 10.1. The standard InChI is InChI=1S/C23H41FN6O3/c24-16-11-9-15(10-12-16)21-27-20(33-30-21)8-3-7-19(31)25-13-4-14-26-22-17-5-1-2-6-18(17)23(32)29-28-22/h15-18,20-22,26-28,30H,1-14H2,(H,25,31)(H,29,32). The Labute approximate surface area is 196 Å². The highest BCUT2D eigenvalue weighted by Crippen LogP contribution is 2.33. The molecule has 4 fully saturated rings. The van der Waals surface area contributed by atoms with Crippen LogP contribution in [-0.2, 0) is 14.4 Å². The van der Waals surface area contributed by atoms with Gasteiger partial charge in [0.25, 0.3) is 0 Å². The van der Waals surface area contributed by atoms with E-state index in [1.165, 1.54) is 6.42 Å². The van der Waals surface area contributed by atoms with Gasteiger partial charge in [-0.2, -0.15) is 5.48 Å². The van der Waals surface area contributed by atoms with Gasteiger partial charge in [0, 0.05) is 24.8 Å². The number of hydrazine groups is 1. The lowest BCUT2D eigenvalue weighted by molar-refractivity contribution is -0.134. The molecule has 4 aliphatic rings. The van der Waals surface area contributed by atoms with Gasteiger partial charge < -0.3 is 10.6 Å². The highest BCUT2D eigenvalue weighted by atomic mass is 19.1. The van der Waals surface area contributed by atoms with E-state index >= 15 is 0 Å². The number of hydrogen-bond acceptors (Lipinski definition) is 7. The normalized spacial score (nSPS) is 36.8. The predicted molar refractivity (Wildman–Crippen MR) is 122 cm³/mol. The summed E-state index contributed by atoms with van der Waals surface area (Å²) in [5.74, 6) is 1.06. The molecule has 0 aromatic heterocycles. The summed E-state index contributed by atoms with van der Waals surface area (Å²) in [6, 6.07) is 0. The Bertz CT molecular complexity index is 648. The highest BCUT2D eigenvalue weighted by molar-refractivity contribution is 5.79. The average molecular weight is 469 g/mol. The van der Waals surface area contributed by atoms with Crippen LogP contribution >= 0.6 is 0 Å². The fourth-order valence-electron chi connectivity index (χ4n) is 5.76. The molecule has 0 spiro atoms. The molecule has 5 atom stereocenters. The Hall–Kier alpha value is -1.33. The molecule has 0 aromatic rings. The van der Waals surface area contributed by atoms with Gasteiger partial charge in [-0.1, -0.05) is 12.8 Å². The van der Waals surface area contributed by atoms with Crippen LogP contribution in [0.2, 0.25) is 0 Å². The van der Waals surface area contributed by atoms with E-state index in [1.54, 1.807) is 0 Å². The van der Waals surface area contributed by atoms with Crippen molar-refractivity contribution >= 4 is 11.8 Å². The first kappa shape index (κ1) is 24.8. The Kier molecular flexibility index (Phi) is 9.31. The molecule has 2 aliphatic carbocycles. The molecule has 2 saturated heterocycles. The van der Waals surface area contributed by atoms with Crippen LogP contribution in [-0.4, -0.2) is 49.6 Å². The smallest absolute Gasteiger partial charge is 0.237 e. The van der Waals surface area contributed by atoms with E-state index in [1.807, 2.05) is 0 Å². The minimum Gasteiger partial charge on any atom is -0.356 e. The summed E-state index contributed by atoms with van der Waals surface area (Å²) in [6.45, 7) is 1.42. The van der Waals surface area contributed by atoms with Gasteiger partial charge in [-0.15, -0.1) is 0 Å². The number of carbonyl (C=O) groups is 2. The van der Waals surface area contributed by atoms with Gasteiger partial charge in [0.1, 0.15) is 12.4 Å². The molecule has 10 heteroatoms. The van der Waals surface area contributed by atoms with Gasteiger partial charge in [0.15, 0.2) is 0 Å². The van der Waals surface area contributed by atoms with Crippen LogP contribution in [0.5, 0.6) is 0 Å². The van der Waals surface area contributed by atoms with E-state index < -0.39 is 6.17 Å². The fourth-order valence-corrected chi connectivity index (χ4v) is 5.76. The molecule has 2 saturated carbocycles. The predicted octanol–water partition coefficient (Wildman–Crippen LogP) is 1.32. The first-order chi connectivity index (χ1) is 16.1. The summed E-state index contributed by atoms with van der Waals surface area (Å²) in [5.41, 5.74) is 8.97. The van der Waals surface area contributed by atoms with Crippen LogP contribution in [0.25, 0.3) is 0 Å². The van der Waals surface area contributed by atoms with Crippen LogP contribution in [0.1, 0.15) is 77.0 Å². The largest absolute Gasteiger partial charge is 0.356 e. The first-order valence-electron chi connectivity index (χ1n) is 13.0. The number of hydrogen-bond donors (Lipinski definition) is 6. The summed E-state index contributed by atoms with van der Waals surface area (Å²) in [6.07, 6.45) is 9.69. The van der Waals surface area contributed by atoms with Gasteiger partial charge in [-0.25, -0.2) is 9.82 Å². The number of rotatable bonds is 10. The van der Waals surface area contributed by atoms with E-state index in [4.69, 9.17) is 4.84 Å². The van der Waals surface area contributed by atoms with E-state index in [0.717, 1.165) is 57.9 Å². The molecule has 188 valence electrons. The number of alkyl halides is 1. The molecule has 4 rings (SSSR count). The third-order valence-corrected chi connectivity index (χ3v) is 7.72. The molecule has 0 bridgehead atoms. The molecule has 2 heterocycles. The minimum atomic E-state index is -0.649. The summed E-state index contributed by atoms with van der Waals surface area (Å²) in [5, 5.41) is 9.93. The Morgan fingerprint density at radius 3 is 2.73 bits per heavy atom. The topological polar surface area (TPSA) is 116 Å². The number of nitrogens with one attached hydrogen (secondary N) is 6. The quantitative estimate of drug-likeness (QED) is 0.268.